The van der Waals surface area contributed by atoms with Crippen LogP contribution in [0.25, 0.3) is 0 Å². The van der Waals surface area contributed by atoms with E-state index in [1.54, 1.807) is 0 Å². The minimum atomic E-state index is -0.299. The van der Waals surface area contributed by atoms with Crippen molar-refractivity contribution in [2.45, 2.75) is 32.0 Å². The summed E-state index contributed by atoms with van der Waals surface area (Å²) < 4.78 is 5.76. The fourth-order valence-corrected chi connectivity index (χ4v) is 3.09. The second-order valence-electron chi connectivity index (χ2n) is 6.35. The molecule has 1 fully saturated rings. The molecule has 25 heavy (non-hydrogen) atoms. The molecule has 0 heterocycles. The van der Waals surface area contributed by atoms with Gasteiger partial charge in [-0.2, -0.15) is 0 Å². The average molecular weight is 340 g/mol. The number of aliphatic hydroxyl groups is 1. The largest absolute Gasteiger partial charge is 0.489 e. The summed E-state index contributed by atoms with van der Waals surface area (Å²) in [6.07, 6.45) is 2.51. The molecule has 0 aliphatic heterocycles. The minimum absolute atomic E-state index is 0.155. The van der Waals surface area contributed by atoms with Gasteiger partial charge in [-0.05, 0) is 31.0 Å². The number of urea groups is 1. The molecule has 2 aromatic carbocycles. The number of nitrogens with one attached hydrogen (secondary N) is 2. The highest BCUT2D eigenvalue weighted by Gasteiger charge is 2.25. The van der Waals surface area contributed by atoms with Crippen molar-refractivity contribution in [1.29, 1.82) is 0 Å². The monoisotopic (exact) mass is 340 g/mol. The van der Waals surface area contributed by atoms with Crippen LogP contribution in [0, 0.1) is 5.92 Å². The third-order valence-corrected chi connectivity index (χ3v) is 4.55. The molecule has 0 bridgehead atoms. The van der Waals surface area contributed by atoms with Crippen LogP contribution in [0.4, 0.5) is 10.5 Å². The lowest BCUT2D eigenvalue weighted by Crippen LogP contribution is -2.35. The fraction of sp³-hybridized carbons (Fsp3) is 0.350. The standard InChI is InChI=1S/C20H24N2O3/c23-19-12-6-8-15(19)13-21-20(24)22-18-11-5-4-7-16(18)14-25-17-9-2-1-3-10-17/h1-5,7,9-11,15,19,23H,6,8,12-14H2,(H2,21,22,24). The number of rotatable bonds is 6. The lowest BCUT2D eigenvalue weighted by atomic mass is 10.1. The molecule has 0 radical (unpaired) electrons. The predicted molar refractivity (Wildman–Crippen MR) is 97.6 cm³/mol. The topological polar surface area (TPSA) is 70.6 Å². The van der Waals surface area contributed by atoms with Gasteiger partial charge in [0, 0.05) is 23.7 Å². The van der Waals surface area contributed by atoms with Crippen LogP contribution in [0.3, 0.4) is 0 Å². The summed E-state index contributed by atoms with van der Waals surface area (Å²) in [6.45, 7) is 0.873. The highest BCUT2D eigenvalue weighted by Crippen LogP contribution is 2.24. The van der Waals surface area contributed by atoms with Crippen LogP contribution in [0.5, 0.6) is 5.75 Å². The Balaban J connectivity index is 1.54. The molecule has 5 nitrogen and oxygen atoms in total. The van der Waals surface area contributed by atoms with Crippen molar-refractivity contribution in [1.82, 2.24) is 5.32 Å². The molecule has 1 aliphatic rings. The van der Waals surface area contributed by atoms with Crippen molar-refractivity contribution in [2.24, 2.45) is 5.92 Å². The lowest BCUT2D eigenvalue weighted by Gasteiger charge is -2.16. The Bertz CT molecular complexity index is 690. The Labute approximate surface area is 148 Å². The summed E-state index contributed by atoms with van der Waals surface area (Å²) in [4.78, 5) is 12.2. The van der Waals surface area contributed by atoms with E-state index in [4.69, 9.17) is 4.74 Å². The van der Waals surface area contributed by atoms with Crippen molar-refractivity contribution in [3.8, 4) is 5.75 Å². The molecular weight excluding hydrogens is 316 g/mol. The van der Waals surface area contributed by atoms with Crippen LogP contribution in [0.1, 0.15) is 24.8 Å². The zero-order valence-corrected chi connectivity index (χ0v) is 14.2. The van der Waals surface area contributed by atoms with Gasteiger partial charge in [-0.25, -0.2) is 4.79 Å². The first-order chi connectivity index (χ1) is 12.2. The van der Waals surface area contributed by atoms with Gasteiger partial charge in [0.2, 0.25) is 0 Å². The van der Waals surface area contributed by atoms with Crippen molar-refractivity contribution < 1.29 is 14.6 Å². The number of anilines is 1. The number of aliphatic hydroxyl groups excluding tert-OH is 1. The van der Waals surface area contributed by atoms with E-state index in [1.807, 2.05) is 54.6 Å². The average Bonchev–Trinajstić information content (AvgIpc) is 3.05. The summed E-state index contributed by atoms with van der Waals surface area (Å²) in [5.74, 6) is 0.944. The van der Waals surface area contributed by atoms with E-state index >= 15 is 0 Å². The molecule has 2 unspecified atom stereocenters. The van der Waals surface area contributed by atoms with Crippen molar-refractivity contribution in [2.75, 3.05) is 11.9 Å². The second kappa shape index (κ2) is 8.53. The van der Waals surface area contributed by atoms with Crippen molar-refractivity contribution in [3.05, 3.63) is 60.2 Å². The first-order valence-electron chi connectivity index (χ1n) is 8.71. The molecule has 3 rings (SSSR count). The maximum absolute atomic E-state index is 12.2. The summed E-state index contributed by atoms with van der Waals surface area (Å²) in [7, 11) is 0. The quantitative estimate of drug-likeness (QED) is 0.753. The molecule has 2 amide bonds. The Morgan fingerprint density at radius 1 is 1.08 bits per heavy atom. The van der Waals surface area contributed by atoms with Crippen molar-refractivity contribution >= 4 is 11.7 Å². The molecular formula is C20H24N2O3. The number of para-hydroxylation sites is 2. The summed E-state index contributed by atoms with van der Waals surface area (Å²) >= 11 is 0. The van der Waals surface area contributed by atoms with E-state index in [1.165, 1.54) is 0 Å². The van der Waals surface area contributed by atoms with Gasteiger partial charge in [0.15, 0.2) is 0 Å². The summed E-state index contributed by atoms with van der Waals surface area (Å²) in [5, 5.41) is 15.6. The third-order valence-electron chi connectivity index (χ3n) is 4.55. The van der Waals surface area contributed by atoms with Gasteiger partial charge in [-0.3, -0.25) is 0 Å². The van der Waals surface area contributed by atoms with Crippen LogP contribution in [0.15, 0.2) is 54.6 Å². The van der Waals surface area contributed by atoms with E-state index in [0.717, 1.165) is 36.3 Å². The van der Waals surface area contributed by atoms with Gasteiger partial charge in [-0.15, -0.1) is 0 Å². The maximum Gasteiger partial charge on any atom is 0.319 e. The maximum atomic E-state index is 12.2. The van der Waals surface area contributed by atoms with Gasteiger partial charge < -0.3 is 20.5 Å². The first kappa shape index (κ1) is 17.3. The molecule has 0 saturated heterocycles. The van der Waals surface area contributed by atoms with Gasteiger partial charge in [-0.1, -0.05) is 42.8 Å². The van der Waals surface area contributed by atoms with Gasteiger partial charge in [0.25, 0.3) is 0 Å². The Morgan fingerprint density at radius 3 is 2.60 bits per heavy atom. The zero-order valence-electron chi connectivity index (χ0n) is 14.2. The van der Waals surface area contributed by atoms with E-state index in [0.29, 0.717) is 13.2 Å². The van der Waals surface area contributed by atoms with E-state index in [9.17, 15) is 9.90 Å². The number of carbonyl (C=O) groups is 1. The van der Waals surface area contributed by atoms with E-state index in [-0.39, 0.29) is 18.1 Å². The Kier molecular flexibility index (Phi) is 5.90. The highest BCUT2D eigenvalue weighted by atomic mass is 16.5. The fourth-order valence-electron chi connectivity index (χ4n) is 3.09. The zero-order chi connectivity index (χ0) is 17.5. The minimum Gasteiger partial charge on any atom is -0.489 e. The summed E-state index contributed by atoms with van der Waals surface area (Å²) in [5.41, 5.74) is 1.63. The van der Waals surface area contributed by atoms with Gasteiger partial charge in [0.05, 0.1) is 6.10 Å². The molecule has 1 aliphatic carbocycles. The number of carbonyl (C=O) groups excluding carboxylic acids is 1. The highest BCUT2D eigenvalue weighted by molar-refractivity contribution is 5.90. The first-order valence-corrected chi connectivity index (χ1v) is 8.71. The van der Waals surface area contributed by atoms with Crippen LogP contribution in [-0.4, -0.2) is 23.8 Å². The van der Waals surface area contributed by atoms with Gasteiger partial charge in [0.1, 0.15) is 12.4 Å². The Morgan fingerprint density at radius 2 is 1.84 bits per heavy atom. The molecule has 132 valence electrons. The SMILES string of the molecule is O=C(NCC1CCCC1O)Nc1ccccc1COc1ccccc1. The molecule has 2 atom stereocenters. The van der Waals surface area contributed by atoms with Crippen molar-refractivity contribution in [3.63, 3.8) is 0 Å². The summed E-state index contributed by atoms with van der Waals surface area (Å²) in [6, 6.07) is 16.9. The van der Waals surface area contributed by atoms with Crippen LogP contribution >= 0.6 is 0 Å². The molecule has 2 aromatic rings. The second-order valence-corrected chi connectivity index (χ2v) is 6.35. The van der Waals surface area contributed by atoms with E-state index in [2.05, 4.69) is 10.6 Å². The number of benzene rings is 2. The normalized spacial score (nSPS) is 19.4. The lowest BCUT2D eigenvalue weighted by molar-refractivity contribution is 0.133. The smallest absolute Gasteiger partial charge is 0.319 e. The van der Waals surface area contributed by atoms with Crippen LogP contribution < -0.4 is 15.4 Å². The van der Waals surface area contributed by atoms with E-state index < -0.39 is 0 Å². The van der Waals surface area contributed by atoms with Gasteiger partial charge >= 0.3 is 6.03 Å². The molecule has 1 saturated carbocycles. The molecule has 0 spiro atoms. The number of hydrogen-bond donors (Lipinski definition) is 3. The van der Waals surface area contributed by atoms with Crippen LogP contribution in [0.2, 0.25) is 0 Å². The molecule has 5 heteroatoms. The molecule has 0 aromatic heterocycles. The number of ether oxygens (including phenoxy) is 1. The predicted octanol–water partition coefficient (Wildman–Crippen LogP) is 3.55. The molecule has 3 N–H and O–H groups in total. The third kappa shape index (κ3) is 4.97. The number of amides is 2. The number of hydrogen-bond acceptors (Lipinski definition) is 3. The Hall–Kier alpha value is -2.53. The van der Waals surface area contributed by atoms with Crippen LogP contribution in [-0.2, 0) is 6.61 Å².